The minimum Gasteiger partial charge on any atom is -0.462 e. The van der Waals surface area contributed by atoms with Crippen LogP contribution in [0.25, 0.3) is 0 Å². The highest BCUT2D eigenvalue weighted by Crippen LogP contribution is 2.47. The largest absolute Gasteiger partial charge is 0.462 e. The van der Waals surface area contributed by atoms with Gasteiger partial charge in [-0.2, -0.15) is 0 Å². The molecule has 0 radical (unpaired) electrons. The Bertz CT molecular complexity index is 674. The normalized spacial score (nSPS) is 20.9. The first-order chi connectivity index (χ1) is 12.0. The third-order valence-electron chi connectivity index (χ3n) is 4.67. The van der Waals surface area contributed by atoms with Crippen molar-refractivity contribution in [3.63, 3.8) is 0 Å². The lowest BCUT2D eigenvalue weighted by Crippen LogP contribution is -2.31. The molecule has 0 fully saturated rings. The fourth-order valence-electron chi connectivity index (χ4n) is 2.83. The van der Waals surface area contributed by atoms with E-state index in [1.807, 2.05) is 64.2 Å². The number of halogens is 2. The highest BCUT2D eigenvalue weighted by molar-refractivity contribution is 5.66. The zero-order chi connectivity index (χ0) is 20.0. The van der Waals surface area contributed by atoms with Crippen molar-refractivity contribution in [1.29, 1.82) is 0 Å². The Hall–Kier alpha value is -1.97. The van der Waals surface area contributed by atoms with E-state index in [4.69, 9.17) is 4.74 Å². The first kappa shape index (κ1) is 22.1. The second-order valence-electron chi connectivity index (χ2n) is 7.48. The van der Waals surface area contributed by atoms with Crippen LogP contribution in [-0.2, 0) is 9.53 Å². The molecule has 0 atom stereocenters. The molecule has 0 amide bonds. The number of rotatable bonds is 6. The van der Waals surface area contributed by atoms with Crippen molar-refractivity contribution in [3.05, 3.63) is 58.7 Å². The molecule has 0 N–H and O–H groups in total. The Kier molecular flexibility index (Phi) is 7.73. The lowest BCUT2D eigenvalue weighted by Gasteiger charge is -2.37. The Morgan fingerprint density at radius 2 is 1.77 bits per heavy atom. The van der Waals surface area contributed by atoms with Gasteiger partial charge < -0.3 is 4.74 Å². The van der Waals surface area contributed by atoms with E-state index < -0.39 is 5.92 Å². The number of ether oxygens (including phenoxy) is 1. The van der Waals surface area contributed by atoms with Crippen LogP contribution in [0.1, 0.15) is 54.4 Å². The van der Waals surface area contributed by atoms with Crippen molar-refractivity contribution in [2.45, 2.75) is 60.3 Å². The predicted octanol–water partition coefficient (Wildman–Crippen LogP) is 6.33. The SMILES string of the molecule is CC(=O)OCC=C(C)C=CC=C(C)C=CC1=C(C)C(F)(F)CCC1(C)C. The first-order valence-corrected chi connectivity index (χ1v) is 8.88. The van der Waals surface area contributed by atoms with Crippen LogP contribution < -0.4 is 0 Å². The van der Waals surface area contributed by atoms with E-state index in [1.165, 1.54) is 13.8 Å². The summed E-state index contributed by atoms with van der Waals surface area (Å²) in [4.78, 5) is 10.7. The van der Waals surface area contributed by atoms with Gasteiger partial charge in [0.05, 0.1) is 0 Å². The van der Waals surface area contributed by atoms with Gasteiger partial charge >= 0.3 is 5.97 Å². The van der Waals surface area contributed by atoms with Crippen molar-refractivity contribution in [1.82, 2.24) is 0 Å². The molecule has 0 saturated carbocycles. The fraction of sp³-hybridized carbons (Fsp3) is 0.500. The quantitative estimate of drug-likeness (QED) is 0.407. The molecular weight excluding hydrogens is 334 g/mol. The van der Waals surface area contributed by atoms with Crippen LogP contribution in [-0.4, -0.2) is 18.5 Å². The van der Waals surface area contributed by atoms with Gasteiger partial charge in [-0.05, 0) is 49.8 Å². The summed E-state index contributed by atoms with van der Waals surface area (Å²) in [7, 11) is 0. The molecule has 0 aromatic carbocycles. The maximum Gasteiger partial charge on any atom is 0.302 e. The Morgan fingerprint density at radius 1 is 1.12 bits per heavy atom. The Morgan fingerprint density at radius 3 is 2.38 bits per heavy atom. The van der Waals surface area contributed by atoms with E-state index in [0.717, 1.165) is 16.7 Å². The van der Waals surface area contributed by atoms with Gasteiger partial charge in [-0.25, -0.2) is 8.78 Å². The maximum absolute atomic E-state index is 14.0. The monoisotopic (exact) mass is 364 g/mol. The van der Waals surface area contributed by atoms with Gasteiger partial charge in [0.25, 0.3) is 5.92 Å². The van der Waals surface area contributed by atoms with Crippen molar-refractivity contribution in [2.75, 3.05) is 6.61 Å². The molecule has 2 nitrogen and oxygen atoms in total. The third-order valence-corrected chi connectivity index (χ3v) is 4.67. The average molecular weight is 364 g/mol. The summed E-state index contributed by atoms with van der Waals surface area (Å²) in [6.07, 6.45) is 11.6. The minimum absolute atomic E-state index is 0.0836. The summed E-state index contributed by atoms with van der Waals surface area (Å²) in [5.74, 6) is -3.02. The van der Waals surface area contributed by atoms with E-state index in [0.29, 0.717) is 6.42 Å². The predicted molar refractivity (Wildman–Crippen MR) is 103 cm³/mol. The molecule has 1 aliphatic carbocycles. The van der Waals surface area contributed by atoms with E-state index in [9.17, 15) is 13.6 Å². The van der Waals surface area contributed by atoms with Gasteiger partial charge in [0.15, 0.2) is 0 Å². The number of allylic oxidation sites excluding steroid dienone is 9. The highest BCUT2D eigenvalue weighted by Gasteiger charge is 2.42. The molecule has 0 heterocycles. The third kappa shape index (κ3) is 6.74. The maximum atomic E-state index is 14.0. The summed E-state index contributed by atoms with van der Waals surface area (Å²) in [6, 6.07) is 0. The number of carbonyl (C=O) groups excluding carboxylic acids is 1. The van der Waals surface area contributed by atoms with Crippen LogP contribution >= 0.6 is 0 Å². The van der Waals surface area contributed by atoms with Crippen molar-refractivity contribution < 1.29 is 18.3 Å². The van der Waals surface area contributed by atoms with Crippen LogP contribution in [0.2, 0.25) is 0 Å². The Labute approximate surface area is 156 Å². The van der Waals surface area contributed by atoms with E-state index in [2.05, 4.69) is 0 Å². The van der Waals surface area contributed by atoms with Crippen LogP contribution in [0, 0.1) is 5.41 Å². The Balaban J connectivity index is 2.82. The second kappa shape index (κ2) is 9.11. The number of carbonyl (C=O) groups is 1. The smallest absolute Gasteiger partial charge is 0.302 e. The number of alkyl halides is 2. The van der Waals surface area contributed by atoms with E-state index in [1.54, 1.807) is 0 Å². The van der Waals surface area contributed by atoms with Crippen molar-refractivity contribution >= 4 is 5.97 Å². The number of esters is 1. The van der Waals surface area contributed by atoms with E-state index in [-0.39, 0.29) is 30.0 Å². The minimum atomic E-state index is -2.71. The molecule has 0 saturated heterocycles. The van der Waals surface area contributed by atoms with Crippen LogP contribution in [0.5, 0.6) is 0 Å². The van der Waals surface area contributed by atoms with Crippen LogP contribution in [0.15, 0.2) is 58.7 Å². The molecule has 0 unspecified atom stereocenters. The second-order valence-corrected chi connectivity index (χ2v) is 7.48. The van der Waals surface area contributed by atoms with Gasteiger partial charge in [0.2, 0.25) is 0 Å². The van der Waals surface area contributed by atoms with Crippen molar-refractivity contribution in [3.8, 4) is 0 Å². The van der Waals surface area contributed by atoms with Crippen LogP contribution in [0.4, 0.5) is 8.78 Å². The lowest BCUT2D eigenvalue weighted by molar-refractivity contribution is -0.139. The summed E-state index contributed by atoms with van der Waals surface area (Å²) >= 11 is 0. The van der Waals surface area contributed by atoms with Gasteiger partial charge in [0, 0.05) is 13.3 Å². The molecular formula is C22H30F2O2. The average Bonchev–Trinajstić information content (AvgIpc) is 2.51. The highest BCUT2D eigenvalue weighted by atomic mass is 19.3. The molecule has 1 rings (SSSR count). The molecule has 0 spiro atoms. The lowest BCUT2D eigenvalue weighted by atomic mass is 9.71. The molecule has 0 aliphatic heterocycles. The molecule has 0 bridgehead atoms. The van der Waals surface area contributed by atoms with Gasteiger partial charge in [0.1, 0.15) is 6.61 Å². The van der Waals surface area contributed by atoms with E-state index >= 15 is 0 Å². The molecule has 0 aromatic rings. The van der Waals surface area contributed by atoms with Crippen LogP contribution in [0.3, 0.4) is 0 Å². The molecule has 1 aliphatic rings. The standard InChI is InChI=1S/C22H30F2O2/c1-16(8-7-9-17(2)12-15-26-19(4)25)10-11-20-18(3)22(23,24)14-13-21(20,5)6/h7-12H,13-15H2,1-6H3. The molecule has 144 valence electrons. The molecule has 0 aromatic heterocycles. The van der Waals surface area contributed by atoms with Gasteiger partial charge in [-0.3, -0.25) is 4.79 Å². The zero-order valence-corrected chi connectivity index (χ0v) is 16.7. The molecule has 4 heteroatoms. The topological polar surface area (TPSA) is 26.3 Å². The molecule has 26 heavy (non-hydrogen) atoms. The number of hydrogen-bond acceptors (Lipinski definition) is 2. The van der Waals surface area contributed by atoms with Crippen molar-refractivity contribution in [2.24, 2.45) is 5.41 Å². The first-order valence-electron chi connectivity index (χ1n) is 8.88. The summed E-state index contributed by atoms with van der Waals surface area (Å²) < 4.78 is 32.9. The van der Waals surface area contributed by atoms with Gasteiger partial charge in [-0.1, -0.05) is 55.4 Å². The summed E-state index contributed by atoms with van der Waals surface area (Å²) in [5.41, 5.74) is 2.61. The number of hydrogen-bond donors (Lipinski definition) is 0. The summed E-state index contributed by atoms with van der Waals surface area (Å²) in [5, 5.41) is 0. The summed E-state index contributed by atoms with van der Waals surface area (Å²) in [6.45, 7) is 11.0. The zero-order valence-electron chi connectivity index (χ0n) is 16.7. The van der Waals surface area contributed by atoms with Gasteiger partial charge in [-0.15, -0.1) is 0 Å². The fourth-order valence-corrected chi connectivity index (χ4v) is 2.83.